The van der Waals surface area contributed by atoms with Crippen molar-refractivity contribution in [3.05, 3.63) is 54.1 Å². The molecule has 7 heteroatoms. The van der Waals surface area contributed by atoms with E-state index < -0.39 is 0 Å². The number of hydrogen-bond donors (Lipinski definition) is 2. The molecule has 1 aliphatic rings. The van der Waals surface area contributed by atoms with Crippen LogP contribution in [0.3, 0.4) is 0 Å². The van der Waals surface area contributed by atoms with Crippen molar-refractivity contribution >= 4 is 50.8 Å². The highest BCUT2D eigenvalue weighted by atomic mass is 32.2. The fourth-order valence-electron chi connectivity index (χ4n) is 3.28. The molecule has 1 aromatic heterocycles. The van der Waals surface area contributed by atoms with E-state index in [4.69, 9.17) is 0 Å². The van der Waals surface area contributed by atoms with Gasteiger partial charge in [0.25, 0.3) is 5.91 Å². The summed E-state index contributed by atoms with van der Waals surface area (Å²) in [4.78, 5) is 29.0. The molecule has 1 saturated carbocycles. The molecule has 0 spiro atoms. The van der Waals surface area contributed by atoms with Crippen molar-refractivity contribution in [2.45, 2.75) is 36.1 Å². The summed E-state index contributed by atoms with van der Waals surface area (Å²) >= 11 is 3.02. The van der Waals surface area contributed by atoms with Gasteiger partial charge < -0.3 is 10.6 Å². The van der Waals surface area contributed by atoms with Gasteiger partial charge in [-0.05, 0) is 49.2 Å². The van der Waals surface area contributed by atoms with E-state index in [0.717, 1.165) is 27.4 Å². The number of thiazole rings is 1. The van der Waals surface area contributed by atoms with Crippen LogP contribution < -0.4 is 10.6 Å². The lowest BCUT2D eigenvalue weighted by Crippen LogP contribution is -2.32. The van der Waals surface area contributed by atoms with Gasteiger partial charge in [-0.1, -0.05) is 36.7 Å². The number of nitrogens with one attached hydrogen (secondary N) is 2. The molecule has 1 heterocycles. The molecule has 5 nitrogen and oxygen atoms in total. The van der Waals surface area contributed by atoms with Crippen molar-refractivity contribution in [2.24, 2.45) is 0 Å². The smallest absolute Gasteiger partial charge is 0.251 e. The number of aromatic nitrogens is 1. The Bertz CT molecular complexity index is 946. The highest BCUT2D eigenvalue weighted by molar-refractivity contribution is 8.01. The molecule has 2 amide bonds. The van der Waals surface area contributed by atoms with Crippen molar-refractivity contribution in [3.8, 4) is 0 Å². The van der Waals surface area contributed by atoms with Gasteiger partial charge in [0.15, 0.2) is 4.34 Å². The molecule has 4 rings (SSSR count). The Balaban J connectivity index is 1.28. The summed E-state index contributed by atoms with van der Waals surface area (Å²) in [5, 5.41) is 5.94. The first kappa shape index (κ1) is 19.0. The number of benzene rings is 2. The summed E-state index contributed by atoms with van der Waals surface area (Å²) in [6.45, 7) is 0. The Morgan fingerprint density at radius 1 is 1.07 bits per heavy atom. The van der Waals surface area contributed by atoms with Gasteiger partial charge in [-0.25, -0.2) is 4.98 Å². The van der Waals surface area contributed by atoms with Crippen LogP contribution in [0.1, 0.15) is 36.0 Å². The van der Waals surface area contributed by atoms with Crippen LogP contribution in [0.5, 0.6) is 0 Å². The number of amides is 2. The molecule has 144 valence electrons. The second kappa shape index (κ2) is 8.75. The Morgan fingerprint density at radius 2 is 1.82 bits per heavy atom. The molecule has 0 radical (unpaired) electrons. The summed E-state index contributed by atoms with van der Waals surface area (Å²) < 4.78 is 2.01. The molecule has 0 saturated heterocycles. The fraction of sp³-hybridized carbons (Fsp3) is 0.286. The lowest BCUT2D eigenvalue weighted by atomic mass is 10.1. The number of para-hydroxylation sites is 1. The fourth-order valence-corrected chi connectivity index (χ4v) is 5.15. The van der Waals surface area contributed by atoms with Crippen LogP contribution in [0.4, 0.5) is 5.69 Å². The zero-order chi connectivity index (χ0) is 19.3. The van der Waals surface area contributed by atoms with E-state index in [1.165, 1.54) is 24.6 Å². The summed E-state index contributed by atoms with van der Waals surface area (Å²) in [5.74, 6) is 0.160. The van der Waals surface area contributed by atoms with Crippen molar-refractivity contribution in [3.63, 3.8) is 0 Å². The molecule has 1 aliphatic carbocycles. The number of rotatable bonds is 6. The van der Waals surface area contributed by atoms with E-state index >= 15 is 0 Å². The standard InChI is InChI=1S/C21H21N3O2S2/c25-19(13-27-21-24-17-7-3-4-8-18(17)28-21)22-16-11-9-14(10-12-16)20(26)23-15-5-1-2-6-15/h3-4,7-12,15H,1-2,5-6,13H2,(H,22,25)(H,23,26). The van der Waals surface area contributed by atoms with Crippen LogP contribution in [0.15, 0.2) is 52.9 Å². The highest BCUT2D eigenvalue weighted by Gasteiger charge is 2.18. The third kappa shape index (κ3) is 4.72. The lowest BCUT2D eigenvalue weighted by Gasteiger charge is -2.12. The predicted octanol–water partition coefficient (Wildman–Crippen LogP) is 4.70. The van der Waals surface area contributed by atoms with Gasteiger partial charge in [0.2, 0.25) is 5.91 Å². The Kier molecular flexibility index (Phi) is 5.92. The summed E-state index contributed by atoms with van der Waals surface area (Å²) in [7, 11) is 0. The average molecular weight is 412 g/mol. The maximum absolute atomic E-state index is 12.3. The van der Waals surface area contributed by atoms with Crippen LogP contribution in [-0.2, 0) is 4.79 Å². The second-order valence-electron chi connectivity index (χ2n) is 6.82. The monoisotopic (exact) mass is 411 g/mol. The van der Waals surface area contributed by atoms with E-state index in [9.17, 15) is 9.59 Å². The molecule has 2 aromatic carbocycles. The second-order valence-corrected chi connectivity index (χ2v) is 9.07. The van der Waals surface area contributed by atoms with Crippen LogP contribution in [0, 0.1) is 0 Å². The molecule has 1 fully saturated rings. The van der Waals surface area contributed by atoms with Crippen molar-refractivity contribution in [2.75, 3.05) is 11.1 Å². The number of hydrogen-bond acceptors (Lipinski definition) is 5. The molecule has 0 bridgehead atoms. The summed E-state index contributed by atoms with van der Waals surface area (Å²) in [6.07, 6.45) is 4.49. The SMILES string of the molecule is O=C(CSc1nc2ccccc2s1)Nc1ccc(C(=O)NC2CCCC2)cc1. The Hall–Kier alpha value is -2.38. The molecular weight excluding hydrogens is 390 g/mol. The number of nitrogens with zero attached hydrogens (tertiary/aromatic N) is 1. The van der Waals surface area contributed by atoms with Crippen LogP contribution >= 0.6 is 23.1 Å². The van der Waals surface area contributed by atoms with Crippen molar-refractivity contribution in [1.82, 2.24) is 10.3 Å². The maximum atomic E-state index is 12.3. The van der Waals surface area contributed by atoms with E-state index in [1.807, 2.05) is 24.3 Å². The third-order valence-corrected chi connectivity index (χ3v) is 6.90. The predicted molar refractivity (Wildman–Crippen MR) is 115 cm³/mol. The Labute approximate surface area is 171 Å². The molecule has 3 aromatic rings. The normalized spacial score (nSPS) is 14.3. The highest BCUT2D eigenvalue weighted by Crippen LogP contribution is 2.29. The molecule has 0 unspecified atom stereocenters. The van der Waals surface area contributed by atoms with Gasteiger partial charge in [0.1, 0.15) is 0 Å². The van der Waals surface area contributed by atoms with E-state index in [1.54, 1.807) is 35.6 Å². The molecule has 28 heavy (non-hydrogen) atoms. The minimum atomic E-state index is -0.0904. The average Bonchev–Trinajstić information content (AvgIpc) is 3.36. The topological polar surface area (TPSA) is 71.1 Å². The minimum Gasteiger partial charge on any atom is -0.349 e. The van der Waals surface area contributed by atoms with E-state index in [-0.39, 0.29) is 11.8 Å². The number of thioether (sulfide) groups is 1. The molecule has 0 atom stereocenters. The quantitative estimate of drug-likeness (QED) is 0.577. The number of anilines is 1. The van der Waals surface area contributed by atoms with Crippen LogP contribution in [0.25, 0.3) is 10.2 Å². The van der Waals surface area contributed by atoms with Gasteiger partial charge in [0, 0.05) is 17.3 Å². The largest absolute Gasteiger partial charge is 0.349 e. The molecule has 2 N–H and O–H groups in total. The van der Waals surface area contributed by atoms with Gasteiger partial charge in [0.05, 0.1) is 16.0 Å². The van der Waals surface area contributed by atoms with Crippen molar-refractivity contribution in [1.29, 1.82) is 0 Å². The van der Waals surface area contributed by atoms with Gasteiger partial charge in [-0.3, -0.25) is 9.59 Å². The van der Waals surface area contributed by atoms with Crippen LogP contribution in [0.2, 0.25) is 0 Å². The molecule has 0 aliphatic heterocycles. The van der Waals surface area contributed by atoms with Gasteiger partial charge in [-0.2, -0.15) is 0 Å². The van der Waals surface area contributed by atoms with E-state index in [0.29, 0.717) is 23.0 Å². The Morgan fingerprint density at radius 3 is 2.57 bits per heavy atom. The zero-order valence-electron chi connectivity index (χ0n) is 15.3. The third-order valence-electron chi connectivity index (χ3n) is 4.72. The van der Waals surface area contributed by atoms with Gasteiger partial charge in [-0.15, -0.1) is 11.3 Å². The van der Waals surface area contributed by atoms with Crippen molar-refractivity contribution < 1.29 is 9.59 Å². The van der Waals surface area contributed by atoms with E-state index in [2.05, 4.69) is 15.6 Å². The summed E-state index contributed by atoms with van der Waals surface area (Å²) in [6, 6.07) is 15.3. The lowest BCUT2D eigenvalue weighted by molar-refractivity contribution is -0.113. The first-order valence-electron chi connectivity index (χ1n) is 9.36. The number of fused-ring (bicyclic) bond motifs is 1. The first-order valence-corrected chi connectivity index (χ1v) is 11.2. The minimum absolute atomic E-state index is 0.0452. The maximum Gasteiger partial charge on any atom is 0.251 e. The first-order chi connectivity index (χ1) is 13.7. The number of carbonyl (C=O) groups is 2. The number of carbonyl (C=O) groups excluding carboxylic acids is 2. The summed E-state index contributed by atoms with van der Waals surface area (Å²) in [5.41, 5.74) is 2.27. The van der Waals surface area contributed by atoms with Crippen LogP contribution in [-0.4, -0.2) is 28.6 Å². The zero-order valence-corrected chi connectivity index (χ0v) is 16.9. The molecular formula is C21H21N3O2S2. The van der Waals surface area contributed by atoms with Gasteiger partial charge >= 0.3 is 0 Å².